The summed E-state index contributed by atoms with van der Waals surface area (Å²) >= 11 is 0. The molecule has 90 valence electrons. The molecule has 0 fully saturated rings. The number of nitrogens with zero attached hydrogens (tertiary/aromatic N) is 3. The van der Waals surface area contributed by atoms with Gasteiger partial charge < -0.3 is 10.3 Å². The number of hydrogen-bond donors (Lipinski definition) is 2. The highest BCUT2D eigenvalue weighted by molar-refractivity contribution is 7.92. The van der Waals surface area contributed by atoms with E-state index in [1.165, 1.54) is 23.3 Å². The number of aromatic nitrogens is 3. The first-order valence-electron chi connectivity index (χ1n) is 4.70. The molecule has 0 saturated carbocycles. The van der Waals surface area contributed by atoms with Gasteiger partial charge in [-0.2, -0.15) is 8.42 Å². The number of nitrogens with two attached hydrogens (primary N) is 1. The first-order valence-corrected chi connectivity index (χ1v) is 6.18. The van der Waals surface area contributed by atoms with E-state index in [1.807, 2.05) is 0 Å². The largest absolute Gasteiger partial charge is 0.381 e. The molecule has 17 heavy (non-hydrogen) atoms. The molecular weight excluding hydrogens is 242 g/mol. The SMILES string of the molecule is Cn1cnc(N)c1S(=O)(=O)Nc1ccncc1. The molecule has 0 aliphatic heterocycles. The van der Waals surface area contributed by atoms with Crippen molar-refractivity contribution < 1.29 is 8.42 Å². The number of imidazole rings is 1. The summed E-state index contributed by atoms with van der Waals surface area (Å²) in [6, 6.07) is 3.09. The summed E-state index contributed by atoms with van der Waals surface area (Å²) in [5.74, 6) is -0.0333. The second-order valence-electron chi connectivity index (χ2n) is 3.39. The van der Waals surface area contributed by atoms with Crippen LogP contribution in [0.2, 0.25) is 0 Å². The van der Waals surface area contributed by atoms with Crippen LogP contribution in [0, 0.1) is 0 Å². The summed E-state index contributed by atoms with van der Waals surface area (Å²) in [6.45, 7) is 0. The monoisotopic (exact) mass is 253 g/mol. The molecule has 0 aliphatic rings. The molecule has 0 saturated heterocycles. The van der Waals surface area contributed by atoms with Crippen LogP contribution < -0.4 is 10.5 Å². The maximum Gasteiger partial charge on any atom is 0.281 e. The molecule has 8 heteroatoms. The fourth-order valence-electron chi connectivity index (χ4n) is 1.39. The van der Waals surface area contributed by atoms with Gasteiger partial charge in [-0.15, -0.1) is 0 Å². The van der Waals surface area contributed by atoms with E-state index in [9.17, 15) is 8.42 Å². The average molecular weight is 253 g/mol. The number of aryl methyl sites for hydroxylation is 1. The third-order valence-corrected chi connectivity index (χ3v) is 3.61. The van der Waals surface area contributed by atoms with Gasteiger partial charge in [0.2, 0.25) is 0 Å². The molecule has 0 unspecified atom stereocenters. The standard InChI is InChI=1S/C9H11N5O2S/c1-14-6-12-8(10)9(14)17(15,16)13-7-2-4-11-5-3-7/h2-6H,10H2,1H3,(H,11,13). The lowest BCUT2D eigenvalue weighted by Gasteiger charge is -2.08. The summed E-state index contributed by atoms with van der Waals surface area (Å²) in [5.41, 5.74) is 5.93. The van der Waals surface area contributed by atoms with Crippen molar-refractivity contribution in [1.82, 2.24) is 14.5 Å². The molecule has 0 amide bonds. The van der Waals surface area contributed by atoms with E-state index in [0.29, 0.717) is 5.69 Å². The first kappa shape index (κ1) is 11.4. The average Bonchev–Trinajstić information content (AvgIpc) is 2.59. The Balaban J connectivity index is 2.39. The van der Waals surface area contributed by atoms with Gasteiger partial charge in [-0.05, 0) is 12.1 Å². The zero-order valence-electron chi connectivity index (χ0n) is 9.03. The van der Waals surface area contributed by atoms with Gasteiger partial charge in [-0.1, -0.05) is 0 Å². The van der Waals surface area contributed by atoms with Gasteiger partial charge in [-0.3, -0.25) is 9.71 Å². The predicted molar refractivity (Wildman–Crippen MR) is 62.7 cm³/mol. The number of rotatable bonds is 3. The van der Waals surface area contributed by atoms with Crippen LogP contribution in [0.3, 0.4) is 0 Å². The van der Waals surface area contributed by atoms with Crippen molar-refractivity contribution in [3.05, 3.63) is 30.9 Å². The number of nitrogen functional groups attached to an aromatic ring is 1. The Morgan fingerprint density at radius 2 is 2.00 bits per heavy atom. The topological polar surface area (TPSA) is 103 Å². The van der Waals surface area contributed by atoms with E-state index in [1.54, 1.807) is 19.2 Å². The van der Waals surface area contributed by atoms with Crippen molar-refractivity contribution in [2.45, 2.75) is 5.03 Å². The number of nitrogens with one attached hydrogen (secondary N) is 1. The van der Waals surface area contributed by atoms with Gasteiger partial charge in [-0.25, -0.2) is 4.98 Å². The third kappa shape index (κ3) is 2.21. The molecule has 3 N–H and O–H groups in total. The van der Waals surface area contributed by atoms with Gasteiger partial charge in [0.1, 0.15) is 0 Å². The van der Waals surface area contributed by atoms with E-state index in [-0.39, 0.29) is 10.8 Å². The predicted octanol–water partition coefficient (Wildman–Crippen LogP) is 0.198. The van der Waals surface area contributed by atoms with Crippen LogP contribution in [-0.2, 0) is 17.1 Å². The molecule has 0 atom stereocenters. The molecule has 2 aromatic heterocycles. The molecule has 2 aromatic rings. The highest BCUT2D eigenvalue weighted by atomic mass is 32.2. The normalized spacial score (nSPS) is 11.4. The molecule has 0 radical (unpaired) electrons. The second-order valence-corrected chi connectivity index (χ2v) is 4.98. The molecule has 0 aliphatic carbocycles. The lowest BCUT2D eigenvalue weighted by atomic mass is 10.4. The maximum absolute atomic E-state index is 12.0. The molecular formula is C9H11N5O2S. The Morgan fingerprint density at radius 1 is 1.35 bits per heavy atom. The number of hydrogen-bond acceptors (Lipinski definition) is 5. The van der Waals surface area contributed by atoms with Crippen molar-refractivity contribution in [3.8, 4) is 0 Å². The van der Waals surface area contributed by atoms with E-state index in [0.717, 1.165) is 0 Å². The van der Waals surface area contributed by atoms with Crippen LogP contribution in [0.15, 0.2) is 35.9 Å². The van der Waals surface area contributed by atoms with Gasteiger partial charge in [0.05, 0.1) is 12.0 Å². The fraction of sp³-hybridized carbons (Fsp3) is 0.111. The Kier molecular flexibility index (Phi) is 2.72. The molecule has 2 heterocycles. The van der Waals surface area contributed by atoms with Crippen LogP contribution >= 0.6 is 0 Å². The van der Waals surface area contributed by atoms with Crippen molar-refractivity contribution in [2.75, 3.05) is 10.5 Å². The second kappa shape index (κ2) is 4.06. The van der Waals surface area contributed by atoms with Crippen LogP contribution in [0.5, 0.6) is 0 Å². The van der Waals surface area contributed by atoms with Gasteiger partial charge in [0.15, 0.2) is 10.8 Å². The minimum Gasteiger partial charge on any atom is -0.381 e. The summed E-state index contributed by atoms with van der Waals surface area (Å²) in [4.78, 5) is 7.53. The van der Waals surface area contributed by atoms with Crippen molar-refractivity contribution in [2.24, 2.45) is 7.05 Å². The minimum absolute atomic E-state index is 0.0333. The van der Waals surface area contributed by atoms with E-state index in [4.69, 9.17) is 5.73 Å². The van der Waals surface area contributed by atoms with Crippen LogP contribution in [-0.4, -0.2) is 23.0 Å². The van der Waals surface area contributed by atoms with Crippen LogP contribution in [0.25, 0.3) is 0 Å². The van der Waals surface area contributed by atoms with E-state index in [2.05, 4.69) is 14.7 Å². The molecule has 0 bridgehead atoms. The summed E-state index contributed by atoms with van der Waals surface area (Å²) < 4.78 is 27.8. The zero-order valence-corrected chi connectivity index (χ0v) is 9.85. The van der Waals surface area contributed by atoms with Crippen molar-refractivity contribution in [3.63, 3.8) is 0 Å². The molecule has 2 rings (SSSR count). The number of pyridine rings is 1. The highest BCUT2D eigenvalue weighted by Crippen LogP contribution is 2.19. The summed E-state index contributed by atoms with van der Waals surface area (Å²) in [7, 11) is -2.17. The van der Waals surface area contributed by atoms with E-state index < -0.39 is 10.0 Å². The van der Waals surface area contributed by atoms with Crippen molar-refractivity contribution in [1.29, 1.82) is 0 Å². The van der Waals surface area contributed by atoms with E-state index >= 15 is 0 Å². The first-order chi connectivity index (χ1) is 8.00. The number of sulfonamides is 1. The number of anilines is 2. The smallest absolute Gasteiger partial charge is 0.281 e. The molecule has 7 nitrogen and oxygen atoms in total. The van der Waals surface area contributed by atoms with Gasteiger partial charge in [0, 0.05) is 19.4 Å². The lowest BCUT2D eigenvalue weighted by Crippen LogP contribution is -2.17. The Bertz CT molecular complexity index is 601. The van der Waals surface area contributed by atoms with Crippen molar-refractivity contribution >= 4 is 21.5 Å². The minimum atomic E-state index is -3.73. The van der Waals surface area contributed by atoms with Gasteiger partial charge >= 0.3 is 0 Å². The quantitative estimate of drug-likeness (QED) is 0.813. The van der Waals surface area contributed by atoms with Gasteiger partial charge in [0.25, 0.3) is 10.0 Å². The summed E-state index contributed by atoms with van der Waals surface area (Å²) in [5, 5.41) is -0.0608. The Morgan fingerprint density at radius 3 is 2.53 bits per heavy atom. The third-order valence-electron chi connectivity index (χ3n) is 2.10. The lowest BCUT2D eigenvalue weighted by molar-refractivity contribution is 0.592. The molecule has 0 aromatic carbocycles. The Hall–Kier alpha value is -2.09. The van der Waals surface area contributed by atoms with Crippen LogP contribution in [0.4, 0.5) is 11.5 Å². The highest BCUT2D eigenvalue weighted by Gasteiger charge is 2.22. The van der Waals surface area contributed by atoms with Crippen LogP contribution in [0.1, 0.15) is 0 Å². The zero-order chi connectivity index (χ0) is 12.5. The maximum atomic E-state index is 12.0. The fourth-order valence-corrected chi connectivity index (χ4v) is 2.69. The molecule has 0 spiro atoms. The summed E-state index contributed by atoms with van der Waals surface area (Å²) in [6.07, 6.45) is 4.32. The Labute approximate surface area is 98.4 Å².